The molecule has 0 saturated carbocycles. The van der Waals surface area contributed by atoms with Crippen molar-refractivity contribution in [2.75, 3.05) is 18.0 Å². The molecule has 0 aromatic heterocycles. The van der Waals surface area contributed by atoms with E-state index in [0.29, 0.717) is 0 Å². The minimum atomic E-state index is 0.189. The highest BCUT2D eigenvalue weighted by Gasteiger charge is 2.19. The number of piperidine rings is 1. The lowest BCUT2D eigenvalue weighted by Crippen LogP contribution is -2.34. The van der Waals surface area contributed by atoms with Crippen LogP contribution in [0.5, 0.6) is 0 Å². The second-order valence-corrected chi connectivity index (χ2v) is 5.20. The van der Waals surface area contributed by atoms with Gasteiger partial charge in [-0.05, 0) is 37.5 Å². The Balaban J connectivity index is 2.17. The Morgan fingerprint density at radius 1 is 1.50 bits per heavy atom. The largest absolute Gasteiger partial charge is 0.370 e. The zero-order chi connectivity index (χ0) is 11.5. The molecule has 0 amide bonds. The predicted octanol–water partition coefficient (Wildman–Crippen LogP) is 3.50. The van der Waals surface area contributed by atoms with Crippen molar-refractivity contribution < 1.29 is 0 Å². The van der Waals surface area contributed by atoms with Gasteiger partial charge >= 0.3 is 0 Å². The van der Waals surface area contributed by atoms with Gasteiger partial charge in [0.25, 0.3) is 0 Å². The number of nitrogens with zero attached hydrogens (tertiary/aromatic N) is 2. The van der Waals surface area contributed by atoms with Crippen LogP contribution in [0, 0.1) is 24.2 Å². The van der Waals surface area contributed by atoms with E-state index in [-0.39, 0.29) is 5.92 Å². The number of anilines is 1. The molecule has 0 bridgehead atoms. The van der Waals surface area contributed by atoms with Gasteiger partial charge in [-0.2, -0.15) is 5.26 Å². The van der Waals surface area contributed by atoms with E-state index in [0.717, 1.165) is 30.4 Å². The molecule has 1 fully saturated rings. The van der Waals surface area contributed by atoms with Crippen LogP contribution in [0.25, 0.3) is 0 Å². The van der Waals surface area contributed by atoms with Gasteiger partial charge in [0, 0.05) is 23.2 Å². The van der Waals surface area contributed by atoms with Gasteiger partial charge in [0.05, 0.1) is 12.0 Å². The van der Waals surface area contributed by atoms with E-state index in [2.05, 4.69) is 52.0 Å². The van der Waals surface area contributed by atoms with Gasteiger partial charge in [-0.15, -0.1) is 0 Å². The molecule has 84 valence electrons. The molecular formula is C13H15BrN2. The van der Waals surface area contributed by atoms with Crippen LogP contribution in [0.2, 0.25) is 0 Å². The fraction of sp³-hybridized carbons (Fsp3) is 0.462. The number of benzene rings is 1. The lowest BCUT2D eigenvalue weighted by atomic mass is 9.99. The Hall–Kier alpha value is -1.01. The molecular weight excluding hydrogens is 264 g/mol. The Bertz CT molecular complexity index is 422. The summed E-state index contributed by atoms with van der Waals surface area (Å²) < 4.78 is 1.14. The number of hydrogen-bond acceptors (Lipinski definition) is 2. The van der Waals surface area contributed by atoms with E-state index >= 15 is 0 Å². The number of nitriles is 1. The third kappa shape index (κ3) is 2.38. The third-order valence-electron chi connectivity index (χ3n) is 3.12. The highest BCUT2D eigenvalue weighted by molar-refractivity contribution is 9.10. The molecule has 2 nitrogen and oxygen atoms in total. The Morgan fingerprint density at radius 3 is 3.00 bits per heavy atom. The van der Waals surface area contributed by atoms with Crippen LogP contribution < -0.4 is 4.90 Å². The first-order valence-electron chi connectivity index (χ1n) is 5.61. The monoisotopic (exact) mass is 278 g/mol. The molecule has 1 unspecified atom stereocenters. The quantitative estimate of drug-likeness (QED) is 0.786. The van der Waals surface area contributed by atoms with Gasteiger partial charge in [0.2, 0.25) is 0 Å². The van der Waals surface area contributed by atoms with Crippen molar-refractivity contribution in [1.82, 2.24) is 0 Å². The molecule has 0 radical (unpaired) electrons. The highest BCUT2D eigenvalue weighted by atomic mass is 79.9. The number of rotatable bonds is 1. The normalized spacial score (nSPS) is 20.6. The van der Waals surface area contributed by atoms with Gasteiger partial charge in [-0.1, -0.05) is 22.0 Å². The molecule has 0 spiro atoms. The third-order valence-corrected chi connectivity index (χ3v) is 3.98. The van der Waals surface area contributed by atoms with Crippen molar-refractivity contribution in [3.63, 3.8) is 0 Å². The smallest absolute Gasteiger partial charge is 0.0674 e. The molecule has 1 atom stereocenters. The van der Waals surface area contributed by atoms with E-state index in [1.165, 1.54) is 11.3 Å². The van der Waals surface area contributed by atoms with Crippen LogP contribution in [0.3, 0.4) is 0 Å². The maximum Gasteiger partial charge on any atom is 0.0674 e. The molecule has 1 aromatic carbocycles. The van der Waals surface area contributed by atoms with Crippen molar-refractivity contribution in [1.29, 1.82) is 5.26 Å². The van der Waals surface area contributed by atoms with Crippen molar-refractivity contribution >= 4 is 21.6 Å². The molecule has 1 aliphatic heterocycles. The summed E-state index contributed by atoms with van der Waals surface area (Å²) in [5.41, 5.74) is 2.47. The molecule has 1 heterocycles. The van der Waals surface area contributed by atoms with E-state index in [4.69, 9.17) is 5.26 Å². The SMILES string of the molecule is Cc1ccc(N2CCCC(C#N)C2)cc1Br. The summed E-state index contributed by atoms with van der Waals surface area (Å²) in [6.45, 7) is 4.02. The van der Waals surface area contributed by atoms with Crippen LogP contribution in [-0.2, 0) is 0 Å². The lowest BCUT2D eigenvalue weighted by Gasteiger charge is -2.31. The molecule has 0 aliphatic carbocycles. The Kier molecular flexibility index (Phi) is 3.50. The van der Waals surface area contributed by atoms with E-state index in [1.54, 1.807) is 0 Å². The zero-order valence-electron chi connectivity index (χ0n) is 9.41. The predicted molar refractivity (Wildman–Crippen MR) is 69.4 cm³/mol. The first-order chi connectivity index (χ1) is 7.70. The highest BCUT2D eigenvalue weighted by Crippen LogP contribution is 2.27. The van der Waals surface area contributed by atoms with Crippen LogP contribution in [0.15, 0.2) is 22.7 Å². The molecule has 3 heteroatoms. The van der Waals surface area contributed by atoms with Crippen molar-refractivity contribution in [3.05, 3.63) is 28.2 Å². The standard InChI is InChI=1S/C13H15BrN2/c1-10-4-5-12(7-13(10)14)16-6-2-3-11(8-15)9-16/h4-5,7,11H,2-3,6,9H2,1H3. The summed E-state index contributed by atoms with van der Waals surface area (Å²) in [5, 5.41) is 8.97. The summed E-state index contributed by atoms with van der Waals surface area (Å²) >= 11 is 3.55. The van der Waals surface area contributed by atoms with Gasteiger partial charge in [-0.3, -0.25) is 0 Å². The first-order valence-corrected chi connectivity index (χ1v) is 6.40. The summed E-state index contributed by atoms with van der Waals surface area (Å²) in [6, 6.07) is 8.78. The molecule has 1 aliphatic rings. The average molecular weight is 279 g/mol. The van der Waals surface area contributed by atoms with E-state index in [9.17, 15) is 0 Å². The molecule has 1 aromatic rings. The number of halogens is 1. The molecule has 2 rings (SSSR count). The second kappa shape index (κ2) is 4.88. The van der Waals surface area contributed by atoms with Crippen LogP contribution in [-0.4, -0.2) is 13.1 Å². The minimum absolute atomic E-state index is 0.189. The molecule has 1 saturated heterocycles. The summed E-state index contributed by atoms with van der Waals surface area (Å²) in [5.74, 6) is 0.189. The maximum atomic E-state index is 8.97. The first kappa shape index (κ1) is 11.5. The van der Waals surface area contributed by atoms with Gasteiger partial charge in [-0.25, -0.2) is 0 Å². The lowest BCUT2D eigenvalue weighted by molar-refractivity contribution is 0.493. The number of hydrogen-bond donors (Lipinski definition) is 0. The zero-order valence-corrected chi connectivity index (χ0v) is 11.0. The maximum absolute atomic E-state index is 8.97. The fourth-order valence-electron chi connectivity index (χ4n) is 2.10. The Labute approximate surface area is 105 Å². The Morgan fingerprint density at radius 2 is 2.31 bits per heavy atom. The van der Waals surface area contributed by atoms with E-state index in [1.807, 2.05) is 0 Å². The number of aryl methyl sites for hydroxylation is 1. The fourth-order valence-corrected chi connectivity index (χ4v) is 2.46. The summed E-state index contributed by atoms with van der Waals surface area (Å²) in [4.78, 5) is 2.31. The topological polar surface area (TPSA) is 27.0 Å². The molecule has 16 heavy (non-hydrogen) atoms. The van der Waals surface area contributed by atoms with Crippen molar-refractivity contribution in [2.24, 2.45) is 5.92 Å². The van der Waals surface area contributed by atoms with Crippen LogP contribution >= 0.6 is 15.9 Å². The second-order valence-electron chi connectivity index (χ2n) is 4.35. The van der Waals surface area contributed by atoms with Gasteiger partial charge in [0.15, 0.2) is 0 Å². The summed E-state index contributed by atoms with van der Waals surface area (Å²) in [6.07, 6.45) is 2.16. The average Bonchev–Trinajstić information content (AvgIpc) is 2.33. The van der Waals surface area contributed by atoms with Crippen molar-refractivity contribution in [3.8, 4) is 6.07 Å². The minimum Gasteiger partial charge on any atom is -0.370 e. The van der Waals surface area contributed by atoms with Crippen LogP contribution in [0.4, 0.5) is 5.69 Å². The van der Waals surface area contributed by atoms with E-state index < -0.39 is 0 Å². The van der Waals surface area contributed by atoms with Crippen molar-refractivity contribution in [2.45, 2.75) is 19.8 Å². The van der Waals surface area contributed by atoms with Gasteiger partial charge < -0.3 is 4.90 Å². The van der Waals surface area contributed by atoms with Crippen LogP contribution in [0.1, 0.15) is 18.4 Å². The van der Waals surface area contributed by atoms with Gasteiger partial charge in [0.1, 0.15) is 0 Å². The summed E-state index contributed by atoms with van der Waals surface area (Å²) in [7, 11) is 0. The molecule has 0 N–H and O–H groups in total.